The van der Waals surface area contributed by atoms with Crippen molar-refractivity contribution >= 4 is 27.9 Å². The van der Waals surface area contributed by atoms with Gasteiger partial charge in [0.25, 0.3) is 0 Å². The Balaban J connectivity index is 2.11. The molecule has 0 bridgehead atoms. The second-order valence-corrected chi connectivity index (χ2v) is 5.11. The van der Waals surface area contributed by atoms with Crippen LogP contribution in [0, 0.1) is 6.92 Å². The first-order valence-corrected chi connectivity index (χ1v) is 6.00. The van der Waals surface area contributed by atoms with E-state index in [9.17, 15) is 0 Å². The summed E-state index contributed by atoms with van der Waals surface area (Å²) in [6.07, 6.45) is 1.89. The van der Waals surface area contributed by atoms with Gasteiger partial charge in [-0.2, -0.15) is 0 Å². The highest BCUT2D eigenvalue weighted by molar-refractivity contribution is 7.20. The molecule has 0 spiro atoms. The van der Waals surface area contributed by atoms with E-state index in [1.54, 1.807) is 4.52 Å². The number of nitrogens with zero attached hydrogens (tertiary/aromatic N) is 3. The molecule has 0 aliphatic heterocycles. The lowest BCUT2D eigenvalue weighted by Crippen LogP contribution is -1.79. The second kappa shape index (κ2) is 3.57. The Bertz CT molecular complexity index is 607. The van der Waals surface area contributed by atoms with E-state index in [4.69, 9.17) is 11.6 Å². The van der Waals surface area contributed by atoms with Crippen molar-refractivity contribution in [3.63, 3.8) is 0 Å². The van der Waals surface area contributed by atoms with Gasteiger partial charge in [-0.25, -0.2) is 9.50 Å². The van der Waals surface area contributed by atoms with Crippen LogP contribution in [-0.4, -0.2) is 14.6 Å². The van der Waals surface area contributed by atoms with Crippen LogP contribution in [0.2, 0.25) is 4.47 Å². The van der Waals surface area contributed by atoms with Gasteiger partial charge in [0.15, 0.2) is 0 Å². The summed E-state index contributed by atoms with van der Waals surface area (Å²) in [5.41, 5.74) is 3.26. The van der Waals surface area contributed by atoms with Crippen LogP contribution in [-0.2, 0) is 0 Å². The topological polar surface area (TPSA) is 30.2 Å². The first-order valence-electron chi connectivity index (χ1n) is 4.81. The van der Waals surface area contributed by atoms with E-state index in [2.05, 4.69) is 41.3 Å². The quantitative estimate of drug-likeness (QED) is 0.662. The molecule has 1 aromatic carbocycles. The molecule has 3 aromatic rings. The Morgan fingerprint density at radius 1 is 1.25 bits per heavy atom. The van der Waals surface area contributed by atoms with Crippen LogP contribution in [0.15, 0.2) is 30.5 Å². The number of aromatic nitrogens is 3. The van der Waals surface area contributed by atoms with E-state index < -0.39 is 0 Å². The molecule has 0 amide bonds. The molecular weight excluding hydrogens is 242 g/mol. The first-order chi connectivity index (χ1) is 7.72. The maximum atomic E-state index is 5.79. The zero-order valence-corrected chi connectivity index (χ0v) is 10.1. The minimum atomic E-state index is 0.512. The average Bonchev–Trinajstić information content (AvgIpc) is 2.75. The number of imidazole rings is 1. The maximum absolute atomic E-state index is 5.79. The molecule has 2 heterocycles. The van der Waals surface area contributed by atoms with E-state index >= 15 is 0 Å². The summed E-state index contributed by atoms with van der Waals surface area (Å²) in [5, 5.41) is 4.11. The van der Waals surface area contributed by atoms with E-state index in [1.165, 1.54) is 16.9 Å². The SMILES string of the molecule is Cc1ccc(-c2cn3nc(Cl)sc3n2)cc1. The Labute approximate surface area is 101 Å². The van der Waals surface area contributed by atoms with Gasteiger partial charge in [0, 0.05) is 5.56 Å². The number of aryl methyl sites for hydroxylation is 1. The van der Waals surface area contributed by atoms with Crippen molar-refractivity contribution in [2.45, 2.75) is 6.92 Å². The zero-order chi connectivity index (χ0) is 11.1. The highest BCUT2D eigenvalue weighted by atomic mass is 35.5. The highest BCUT2D eigenvalue weighted by Gasteiger charge is 2.07. The van der Waals surface area contributed by atoms with E-state index in [0.29, 0.717) is 4.47 Å². The van der Waals surface area contributed by atoms with Gasteiger partial charge in [-0.1, -0.05) is 41.2 Å². The fourth-order valence-electron chi connectivity index (χ4n) is 1.54. The molecule has 2 aromatic heterocycles. The molecule has 0 saturated carbocycles. The third kappa shape index (κ3) is 1.60. The van der Waals surface area contributed by atoms with Crippen LogP contribution in [0.4, 0.5) is 0 Å². The lowest BCUT2D eigenvalue weighted by Gasteiger charge is -1.96. The summed E-state index contributed by atoms with van der Waals surface area (Å²) in [7, 11) is 0. The molecule has 0 aliphatic carbocycles. The van der Waals surface area contributed by atoms with Gasteiger partial charge >= 0.3 is 0 Å². The van der Waals surface area contributed by atoms with Crippen LogP contribution < -0.4 is 0 Å². The number of fused-ring (bicyclic) bond motifs is 1. The third-order valence-corrected chi connectivity index (χ3v) is 3.38. The summed E-state index contributed by atoms with van der Waals surface area (Å²) in [4.78, 5) is 5.29. The number of hydrogen-bond acceptors (Lipinski definition) is 3. The molecule has 0 atom stereocenters. The normalized spacial score (nSPS) is 11.1. The van der Waals surface area contributed by atoms with Crippen LogP contribution in [0.5, 0.6) is 0 Å². The number of rotatable bonds is 1. The summed E-state index contributed by atoms with van der Waals surface area (Å²) < 4.78 is 2.22. The highest BCUT2D eigenvalue weighted by Crippen LogP contribution is 2.24. The number of hydrogen-bond donors (Lipinski definition) is 0. The summed E-state index contributed by atoms with van der Waals surface area (Å²) in [6, 6.07) is 8.26. The lowest BCUT2D eigenvalue weighted by atomic mass is 10.1. The third-order valence-electron chi connectivity index (χ3n) is 2.37. The van der Waals surface area contributed by atoms with Crippen LogP contribution in [0.25, 0.3) is 16.2 Å². The predicted molar refractivity (Wildman–Crippen MR) is 66.0 cm³/mol. The number of halogens is 1. The first kappa shape index (κ1) is 9.81. The van der Waals surface area contributed by atoms with Gasteiger partial charge in [-0.05, 0) is 18.5 Å². The van der Waals surface area contributed by atoms with Crippen molar-refractivity contribution in [3.8, 4) is 11.3 Å². The molecule has 0 radical (unpaired) electrons. The molecule has 0 N–H and O–H groups in total. The van der Waals surface area contributed by atoms with Crippen LogP contribution >= 0.6 is 22.9 Å². The second-order valence-electron chi connectivity index (χ2n) is 3.57. The van der Waals surface area contributed by atoms with Crippen molar-refractivity contribution in [1.29, 1.82) is 0 Å². The van der Waals surface area contributed by atoms with Gasteiger partial charge in [-0.15, -0.1) is 5.10 Å². The van der Waals surface area contributed by atoms with Crippen molar-refractivity contribution < 1.29 is 0 Å². The molecule has 3 nitrogen and oxygen atoms in total. The van der Waals surface area contributed by atoms with Gasteiger partial charge < -0.3 is 0 Å². The fraction of sp³-hybridized carbons (Fsp3) is 0.0909. The monoisotopic (exact) mass is 249 g/mol. The van der Waals surface area contributed by atoms with Gasteiger partial charge in [0.2, 0.25) is 9.43 Å². The molecule has 80 valence electrons. The van der Waals surface area contributed by atoms with Crippen molar-refractivity contribution in [3.05, 3.63) is 40.5 Å². The minimum Gasteiger partial charge on any atom is -0.217 e. The van der Waals surface area contributed by atoms with Crippen molar-refractivity contribution in [2.24, 2.45) is 0 Å². The Kier molecular flexibility index (Phi) is 2.19. The molecule has 3 rings (SSSR count). The molecule has 0 unspecified atom stereocenters. The average molecular weight is 250 g/mol. The van der Waals surface area contributed by atoms with Crippen molar-refractivity contribution in [2.75, 3.05) is 0 Å². The van der Waals surface area contributed by atoms with Gasteiger partial charge in [0.05, 0.1) is 11.9 Å². The zero-order valence-electron chi connectivity index (χ0n) is 8.51. The summed E-state index contributed by atoms with van der Waals surface area (Å²) in [5.74, 6) is 0. The Morgan fingerprint density at radius 3 is 2.69 bits per heavy atom. The molecule has 16 heavy (non-hydrogen) atoms. The van der Waals surface area contributed by atoms with Gasteiger partial charge in [0.1, 0.15) is 0 Å². The largest absolute Gasteiger partial charge is 0.217 e. The van der Waals surface area contributed by atoms with E-state index in [1.807, 2.05) is 6.20 Å². The number of benzene rings is 1. The smallest absolute Gasteiger partial charge is 0.213 e. The standard InChI is InChI=1S/C11H8ClN3S/c1-7-2-4-8(5-3-7)9-6-15-11(13-9)16-10(12)14-15/h2-6H,1H3. The Hall–Kier alpha value is -1.39. The summed E-state index contributed by atoms with van der Waals surface area (Å²) in [6.45, 7) is 2.07. The lowest BCUT2D eigenvalue weighted by molar-refractivity contribution is 0.974. The minimum absolute atomic E-state index is 0.512. The molecular formula is C11H8ClN3S. The van der Waals surface area contributed by atoms with Gasteiger partial charge in [-0.3, -0.25) is 0 Å². The van der Waals surface area contributed by atoms with Crippen LogP contribution in [0.1, 0.15) is 5.56 Å². The molecule has 5 heteroatoms. The summed E-state index contributed by atoms with van der Waals surface area (Å²) >= 11 is 7.17. The molecule has 0 aliphatic rings. The van der Waals surface area contributed by atoms with E-state index in [-0.39, 0.29) is 0 Å². The Morgan fingerprint density at radius 2 is 2.00 bits per heavy atom. The predicted octanol–water partition coefficient (Wildman–Crippen LogP) is 3.42. The van der Waals surface area contributed by atoms with E-state index in [0.717, 1.165) is 16.2 Å². The maximum Gasteiger partial charge on any atom is 0.213 e. The fourth-order valence-corrected chi connectivity index (χ4v) is 2.44. The van der Waals surface area contributed by atoms with Crippen LogP contribution in [0.3, 0.4) is 0 Å². The molecule has 0 saturated heterocycles. The molecule has 0 fully saturated rings. The van der Waals surface area contributed by atoms with Crippen molar-refractivity contribution in [1.82, 2.24) is 14.6 Å².